The highest BCUT2D eigenvalue weighted by Gasteiger charge is 2.33. The van der Waals surface area contributed by atoms with E-state index in [1.165, 1.54) is 24.6 Å². The maximum atomic E-state index is 13.4. The predicted octanol–water partition coefficient (Wildman–Crippen LogP) is 10.7. The normalized spacial score (nSPS) is 18.7. The van der Waals surface area contributed by atoms with Crippen molar-refractivity contribution in [3.8, 4) is 22.6 Å². The molecular formula is C49H51F3N10O2. The topological polar surface area (TPSA) is 144 Å². The molecule has 12 nitrogen and oxygen atoms in total. The summed E-state index contributed by atoms with van der Waals surface area (Å²) in [6.07, 6.45) is 10.2. The van der Waals surface area contributed by atoms with Crippen molar-refractivity contribution in [3.63, 3.8) is 0 Å². The van der Waals surface area contributed by atoms with E-state index in [-0.39, 0.29) is 24.4 Å². The molecule has 4 aromatic carbocycles. The van der Waals surface area contributed by atoms with E-state index in [1.807, 2.05) is 72.9 Å². The number of imidazole rings is 1. The first-order valence-electron chi connectivity index (χ1n) is 21.7. The summed E-state index contributed by atoms with van der Waals surface area (Å²) < 4.78 is 42.0. The Balaban J connectivity index is 0.942. The number of nitrogens with zero attached hydrogens (tertiary/aromatic N) is 6. The summed E-state index contributed by atoms with van der Waals surface area (Å²) in [5, 5.41) is 26.8. The van der Waals surface area contributed by atoms with Gasteiger partial charge >= 0.3 is 6.18 Å². The van der Waals surface area contributed by atoms with Crippen LogP contribution in [0.2, 0.25) is 0 Å². The number of nitrogens with one attached hydrogen (secondary N) is 4. The third-order valence-electron chi connectivity index (χ3n) is 12.2. The molecule has 64 heavy (non-hydrogen) atoms. The third-order valence-corrected chi connectivity index (χ3v) is 12.2. The number of anilines is 5. The van der Waals surface area contributed by atoms with Gasteiger partial charge in [0.05, 0.1) is 24.1 Å². The van der Waals surface area contributed by atoms with Gasteiger partial charge in [0.2, 0.25) is 17.6 Å². The van der Waals surface area contributed by atoms with Crippen LogP contribution < -0.4 is 21.3 Å². The van der Waals surface area contributed by atoms with Crippen molar-refractivity contribution in [1.29, 1.82) is 0 Å². The molecule has 2 fully saturated rings. The van der Waals surface area contributed by atoms with Gasteiger partial charge in [-0.05, 0) is 127 Å². The van der Waals surface area contributed by atoms with Crippen LogP contribution in [0.15, 0.2) is 129 Å². The maximum Gasteiger partial charge on any atom is 0.416 e. The first-order valence-corrected chi connectivity index (χ1v) is 21.7. The second-order valence-corrected chi connectivity index (χ2v) is 16.8. The Labute approximate surface area is 370 Å². The number of halogens is 3. The minimum atomic E-state index is -4.43. The van der Waals surface area contributed by atoms with E-state index in [0.29, 0.717) is 58.3 Å². The monoisotopic (exact) mass is 868 g/mol. The fraction of sp³-hybridized carbons (Fsp3) is 0.306. The minimum Gasteiger partial charge on any atom is -0.382 e. The van der Waals surface area contributed by atoms with Crippen LogP contribution in [-0.4, -0.2) is 47.6 Å². The molecule has 0 bridgehead atoms. The summed E-state index contributed by atoms with van der Waals surface area (Å²) >= 11 is 0. The highest BCUT2D eigenvalue weighted by Crippen LogP contribution is 2.42. The predicted molar refractivity (Wildman–Crippen MR) is 244 cm³/mol. The van der Waals surface area contributed by atoms with Crippen molar-refractivity contribution in [3.05, 3.63) is 140 Å². The van der Waals surface area contributed by atoms with Crippen LogP contribution in [0.4, 0.5) is 41.6 Å². The van der Waals surface area contributed by atoms with Crippen LogP contribution in [0.25, 0.3) is 22.6 Å². The molecule has 6 aromatic rings. The lowest BCUT2D eigenvalue weighted by atomic mass is 9.69. The van der Waals surface area contributed by atoms with E-state index in [2.05, 4.69) is 49.7 Å². The zero-order valence-corrected chi connectivity index (χ0v) is 35.4. The van der Waals surface area contributed by atoms with Crippen molar-refractivity contribution in [2.45, 2.75) is 76.7 Å². The number of alkyl halides is 3. The van der Waals surface area contributed by atoms with Crippen molar-refractivity contribution in [2.24, 2.45) is 17.8 Å². The Morgan fingerprint density at radius 2 is 1.47 bits per heavy atom. The molecule has 4 N–H and O–H groups in total. The first kappa shape index (κ1) is 43.6. The number of carbonyl (C=O) groups excluding carboxylic acids is 2. The maximum absolute atomic E-state index is 13.4. The largest absolute Gasteiger partial charge is 0.416 e. The smallest absolute Gasteiger partial charge is 0.382 e. The molecule has 15 heteroatoms. The van der Waals surface area contributed by atoms with Gasteiger partial charge in [0.1, 0.15) is 0 Å². The average Bonchev–Trinajstić information content (AvgIpc) is 3.97. The number of carbonyl (C=O) groups is 2. The molecular weight excluding hydrogens is 818 g/mol. The lowest BCUT2D eigenvalue weighted by molar-refractivity contribution is -0.137. The Morgan fingerprint density at radius 3 is 2.20 bits per heavy atom. The summed E-state index contributed by atoms with van der Waals surface area (Å²) in [4.78, 5) is 30.8. The van der Waals surface area contributed by atoms with E-state index in [1.54, 1.807) is 21.8 Å². The van der Waals surface area contributed by atoms with Crippen molar-refractivity contribution in [2.75, 3.05) is 21.3 Å². The standard InChI is InChI=1S/C49H51F3N10O2/c1-3-46(63)56-39-19-21-43(41(26-39)45-30-61(31-53-45)28-33-12-9-15-36(24-33)49(50,51)52)55-38-18-10-14-35(25-38)34-13-8-11-32(23-34)29-62-59-48(58-60-62)42-27-40(57-47(64)4-2)20-22-44(42)54-37-16-6-5-7-17-37/h3-7,9,12,15-17,19-22,24,26-27,30-32,34-35,38,54-55H,1-2,8,10-11,13-14,18,23,25,28-29H2,(H,56,63)(H,57,64). The highest BCUT2D eigenvalue weighted by molar-refractivity contribution is 6.00. The number of tetrazole rings is 1. The van der Waals surface area contributed by atoms with Gasteiger partial charge < -0.3 is 25.8 Å². The Hall–Kier alpha value is -7.03. The Kier molecular flexibility index (Phi) is 13.3. The summed E-state index contributed by atoms with van der Waals surface area (Å²) in [5.41, 5.74) is 5.67. The Bertz CT molecular complexity index is 2600. The second-order valence-electron chi connectivity index (χ2n) is 16.8. The van der Waals surface area contributed by atoms with Gasteiger partial charge in [-0.3, -0.25) is 9.59 Å². The molecule has 0 spiro atoms. The summed E-state index contributed by atoms with van der Waals surface area (Å²) in [6, 6.07) is 26.5. The molecule has 8 rings (SSSR count). The average molecular weight is 869 g/mol. The third kappa shape index (κ3) is 10.9. The first-order chi connectivity index (χ1) is 31.0. The number of benzene rings is 4. The van der Waals surface area contributed by atoms with E-state index in [4.69, 9.17) is 5.10 Å². The quantitative estimate of drug-likeness (QED) is 0.0747. The van der Waals surface area contributed by atoms with Crippen molar-refractivity contribution >= 4 is 40.3 Å². The Morgan fingerprint density at radius 1 is 0.766 bits per heavy atom. The second kappa shape index (κ2) is 19.6. The van der Waals surface area contributed by atoms with E-state index in [0.717, 1.165) is 79.7 Å². The molecule has 2 aliphatic carbocycles. The van der Waals surface area contributed by atoms with Crippen LogP contribution in [0, 0.1) is 17.8 Å². The summed E-state index contributed by atoms with van der Waals surface area (Å²) in [6.45, 7) is 8.01. The van der Waals surface area contributed by atoms with Crippen LogP contribution in [-0.2, 0) is 28.9 Å². The van der Waals surface area contributed by atoms with Gasteiger partial charge in [-0.1, -0.05) is 69.2 Å². The number of hydrogen-bond acceptors (Lipinski definition) is 8. The minimum absolute atomic E-state index is 0.212. The van der Waals surface area contributed by atoms with E-state index >= 15 is 0 Å². The number of rotatable bonds is 15. The molecule has 2 saturated carbocycles. The molecule has 2 aliphatic rings. The lowest BCUT2D eigenvalue weighted by Gasteiger charge is -2.39. The van der Waals surface area contributed by atoms with Crippen molar-refractivity contribution < 1.29 is 22.8 Å². The van der Waals surface area contributed by atoms with E-state index in [9.17, 15) is 22.8 Å². The van der Waals surface area contributed by atoms with Gasteiger partial charge in [0, 0.05) is 58.3 Å². The van der Waals surface area contributed by atoms with Crippen LogP contribution in [0.5, 0.6) is 0 Å². The van der Waals surface area contributed by atoms with Gasteiger partial charge in [0.15, 0.2) is 0 Å². The van der Waals surface area contributed by atoms with Gasteiger partial charge in [-0.15, -0.1) is 10.2 Å². The van der Waals surface area contributed by atoms with Crippen LogP contribution >= 0.6 is 0 Å². The van der Waals surface area contributed by atoms with Gasteiger partial charge in [0.25, 0.3) is 0 Å². The van der Waals surface area contributed by atoms with Gasteiger partial charge in [-0.25, -0.2) is 4.98 Å². The molecule has 0 saturated heterocycles. The van der Waals surface area contributed by atoms with Crippen LogP contribution in [0.3, 0.4) is 0 Å². The molecule has 2 heterocycles. The summed E-state index contributed by atoms with van der Waals surface area (Å²) in [7, 11) is 0. The molecule has 2 aromatic heterocycles. The number of amides is 2. The number of para-hydroxylation sites is 1. The van der Waals surface area contributed by atoms with E-state index < -0.39 is 11.7 Å². The molecule has 330 valence electrons. The molecule has 4 unspecified atom stereocenters. The lowest BCUT2D eigenvalue weighted by Crippen LogP contribution is -2.33. The number of hydrogen-bond donors (Lipinski definition) is 4. The van der Waals surface area contributed by atoms with Crippen LogP contribution in [0.1, 0.15) is 62.5 Å². The number of aromatic nitrogens is 6. The highest BCUT2D eigenvalue weighted by atomic mass is 19.4. The molecule has 4 atom stereocenters. The molecule has 0 aliphatic heterocycles. The fourth-order valence-corrected chi connectivity index (χ4v) is 9.17. The van der Waals surface area contributed by atoms with Gasteiger partial charge in [-0.2, -0.15) is 18.0 Å². The SMILES string of the molecule is C=CC(=O)Nc1ccc(NC2CCCC(C3CCCC(Cn4nnc(-c5cc(NC(=O)C=C)ccc5Nc5ccccc5)n4)C3)C2)c(-c2cn(Cc3cccc(C(F)(F)F)c3)cn2)c1. The molecule has 2 amide bonds. The summed E-state index contributed by atoms with van der Waals surface area (Å²) in [5.74, 6) is 1.29. The zero-order chi connectivity index (χ0) is 44.6. The van der Waals surface area contributed by atoms with Crippen molar-refractivity contribution in [1.82, 2.24) is 29.8 Å². The zero-order valence-electron chi connectivity index (χ0n) is 35.4. The fourth-order valence-electron chi connectivity index (χ4n) is 9.17. The molecule has 0 radical (unpaired) electrons.